The minimum absolute atomic E-state index is 0.0765. The van der Waals surface area contributed by atoms with Crippen LogP contribution in [0, 0.1) is 0 Å². The predicted octanol–water partition coefficient (Wildman–Crippen LogP) is 5.91. The van der Waals surface area contributed by atoms with Crippen molar-refractivity contribution in [3.63, 3.8) is 0 Å². The van der Waals surface area contributed by atoms with Crippen LogP contribution >= 0.6 is 23.4 Å². The highest BCUT2D eigenvalue weighted by atomic mass is 35.5. The van der Waals surface area contributed by atoms with Crippen molar-refractivity contribution < 1.29 is 4.79 Å². The minimum Gasteiger partial charge on any atom is -0.378 e. The third-order valence-electron chi connectivity index (χ3n) is 5.23. The van der Waals surface area contributed by atoms with E-state index in [9.17, 15) is 4.79 Å². The molecule has 1 heterocycles. The number of amides is 1. The fourth-order valence-corrected chi connectivity index (χ4v) is 4.49. The maximum atomic E-state index is 12.7. The maximum Gasteiger partial charge on any atom is 0.237 e. The number of para-hydroxylation sites is 1. The van der Waals surface area contributed by atoms with Crippen molar-refractivity contribution in [3.05, 3.63) is 101 Å². The van der Waals surface area contributed by atoms with Gasteiger partial charge in [0.15, 0.2) is 11.0 Å². The summed E-state index contributed by atoms with van der Waals surface area (Å²) in [5.41, 5.74) is 2.92. The highest BCUT2D eigenvalue weighted by Gasteiger charge is 2.20. The normalized spacial score (nSPS) is 11.7. The summed E-state index contributed by atoms with van der Waals surface area (Å²) < 4.78 is 2.08. The van der Waals surface area contributed by atoms with Gasteiger partial charge in [0.1, 0.15) is 0 Å². The molecule has 0 saturated heterocycles. The van der Waals surface area contributed by atoms with Crippen molar-refractivity contribution in [3.8, 4) is 0 Å². The number of thioether (sulfide) groups is 1. The Labute approximate surface area is 208 Å². The molecule has 34 heavy (non-hydrogen) atoms. The van der Waals surface area contributed by atoms with Crippen LogP contribution in [0.1, 0.15) is 18.3 Å². The summed E-state index contributed by atoms with van der Waals surface area (Å²) in [5.74, 6) is 0.724. The number of rotatable bonds is 10. The molecule has 6 nitrogen and oxygen atoms in total. The van der Waals surface area contributed by atoms with E-state index in [1.54, 1.807) is 0 Å². The topological polar surface area (TPSA) is 71.8 Å². The Hall–Kier alpha value is -3.29. The average molecular weight is 492 g/mol. The summed E-state index contributed by atoms with van der Waals surface area (Å²) in [5, 5.41) is 16.2. The van der Waals surface area contributed by atoms with Crippen molar-refractivity contribution in [2.45, 2.75) is 36.8 Å². The van der Waals surface area contributed by atoms with Gasteiger partial charge in [-0.25, -0.2) is 0 Å². The number of halogens is 1. The van der Waals surface area contributed by atoms with Gasteiger partial charge in [-0.1, -0.05) is 78.0 Å². The molecule has 0 aliphatic heterocycles. The van der Waals surface area contributed by atoms with Crippen LogP contribution in [0.25, 0.3) is 0 Å². The van der Waals surface area contributed by atoms with Crippen LogP contribution in [-0.2, 0) is 24.3 Å². The third-order valence-corrected chi connectivity index (χ3v) is 6.54. The zero-order valence-corrected chi connectivity index (χ0v) is 20.4. The van der Waals surface area contributed by atoms with Gasteiger partial charge in [0.05, 0.1) is 11.8 Å². The number of carbonyl (C=O) groups excluding carboxylic acids is 1. The first kappa shape index (κ1) is 23.9. The molecule has 1 atom stereocenters. The first-order valence-electron chi connectivity index (χ1n) is 11.1. The van der Waals surface area contributed by atoms with Gasteiger partial charge in [0.2, 0.25) is 5.91 Å². The SMILES string of the molecule is C[C@H](Sc1nnc(CNc2cccc(Cl)c2)n1CCc1ccccc1)C(=O)Nc1ccccc1. The Morgan fingerprint density at radius 2 is 1.68 bits per heavy atom. The molecule has 4 rings (SSSR count). The number of anilines is 2. The average Bonchev–Trinajstić information content (AvgIpc) is 3.23. The van der Waals surface area contributed by atoms with Crippen LogP contribution < -0.4 is 10.6 Å². The van der Waals surface area contributed by atoms with Crippen LogP contribution in [0.3, 0.4) is 0 Å². The number of nitrogens with zero attached hydrogens (tertiary/aromatic N) is 3. The molecule has 0 aliphatic rings. The summed E-state index contributed by atoms with van der Waals surface area (Å²) >= 11 is 7.52. The largest absolute Gasteiger partial charge is 0.378 e. The molecule has 174 valence electrons. The van der Waals surface area contributed by atoms with Crippen LogP contribution in [-0.4, -0.2) is 25.9 Å². The lowest BCUT2D eigenvalue weighted by Crippen LogP contribution is -2.23. The van der Waals surface area contributed by atoms with E-state index in [-0.39, 0.29) is 11.2 Å². The van der Waals surface area contributed by atoms with Gasteiger partial charge < -0.3 is 15.2 Å². The van der Waals surface area contributed by atoms with Crippen LogP contribution in [0.5, 0.6) is 0 Å². The number of aromatic nitrogens is 3. The first-order valence-corrected chi connectivity index (χ1v) is 12.3. The van der Waals surface area contributed by atoms with Gasteiger partial charge in [-0.05, 0) is 49.2 Å². The fraction of sp³-hybridized carbons (Fsp3) is 0.192. The molecule has 1 aromatic heterocycles. The lowest BCUT2D eigenvalue weighted by atomic mass is 10.1. The van der Waals surface area contributed by atoms with Crippen molar-refractivity contribution in [1.29, 1.82) is 0 Å². The molecular formula is C26H26ClN5OS. The van der Waals surface area contributed by atoms with E-state index in [1.165, 1.54) is 17.3 Å². The van der Waals surface area contributed by atoms with Gasteiger partial charge >= 0.3 is 0 Å². The second kappa shape index (κ2) is 11.7. The Balaban J connectivity index is 1.48. The maximum absolute atomic E-state index is 12.7. The summed E-state index contributed by atoms with van der Waals surface area (Å²) in [6, 6.07) is 27.3. The number of aryl methyl sites for hydroxylation is 1. The van der Waals surface area contributed by atoms with E-state index in [4.69, 9.17) is 11.6 Å². The predicted molar refractivity (Wildman–Crippen MR) is 139 cm³/mol. The summed E-state index contributed by atoms with van der Waals surface area (Å²) in [7, 11) is 0. The number of nitrogens with one attached hydrogen (secondary N) is 2. The number of benzene rings is 3. The summed E-state index contributed by atoms with van der Waals surface area (Å²) in [6.07, 6.45) is 0.835. The second-order valence-electron chi connectivity index (χ2n) is 7.77. The van der Waals surface area contributed by atoms with Crippen molar-refractivity contribution in [2.75, 3.05) is 10.6 Å². The van der Waals surface area contributed by atoms with Crippen LogP contribution in [0.2, 0.25) is 5.02 Å². The van der Waals surface area contributed by atoms with Crippen LogP contribution in [0.15, 0.2) is 90.1 Å². The molecule has 0 bridgehead atoms. The van der Waals surface area contributed by atoms with Gasteiger partial charge in [0, 0.05) is 22.9 Å². The Bertz CT molecular complexity index is 1220. The molecule has 0 unspecified atom stereocenters. The van der Waals surface area contributed by atoms with E-state index in [2.05, 4.69) is 37.5 Å². The fourth-order valence-electron chi connectivity index (χ4n) is 3.40. The molecule has 0 fully saturated rings. The van der Waals surface area contributed by atoms with Crippen molar-refractivity contribution >= 4 is 40.6 Å². The second-order valence-corrected chi connectivity index (χ2v) is 9.51. The lowest BCUT2D eigenvalue weighted by molar-refractivity contribution is -0.115. The van der Waals surface area contributed by atoms with E-state index in [1.807, 2.05) is 79.7 Å². The van der Waals surface area contributed by atoms with Gasteiger partial charge in [-0.3, -0.25) is 4.79 Å². The summed E-state index contributed by atoms with van der Waals surface area (Å²) in [6.45, 7) is 3.08. The van der Waals surface area contributed by atoms with Crippen molar-refractivity contribution in [2.24, 2.45) is 0 Å². The highest BCUT2D eigenvalue weighted by Crippen LogP contribution is 2.25. The molecule has 0 saturated carbocycles. The zero-order valence-electron chi connectivity index (χ0n) is 18.8. The monoisotopic (exact) mass is 491 g/mol. The highest BCUT2D eigenvalue weighted by molar-refractivity contribution is 8.00. The Kier molecular flexibility index (Phi) is 8.22. The standard InChI is InChI=1S/C26H26ClN5OS/c1-19(25(33)29-22-12-6-3-7-13-22)34-26-31-30-24(18-28-23-14-8-11-21(27)17-23)32(26)16-15-20-9-4-2-5-10-20/h2-14,17,19,28H,15-16,18H2,1H3,(H,29,33)/t19-/m0/s1. The third kappa shape index (κ3) is 6.62. The first-order chi connectivity index (χ1) is 16.6. The van der Waals surface area contributed by atoms with E-state index in [0.717, 1.165) is 28.8 Å². The lowest BCUT2D eigenvalue weighted by Gasteiger charge is -2.14. The molecule has 0 spiro atoms. The molecule has 0 radical (unpaired) electrons. The molecule has 1 amide bonds. The molecular weight excluding hydrogens is 466 g/mol. The smallest absolute Gasteiger partial charge is 0.237 e. The minimum atomic E-state index is -0.339. The zero-order chi connectivity index (χ0) is 23.8. The quantitative estimate of drug-likeness (QED) is 0.270. The molecule has 2 N–H and O–H groups in total. The Morgan fingerprint density at radius 3 is 2.41 bits per heavy atom. The Morgan fingerprint density at radius 1 is 0.971 bits per heavy atom. The van der Waals surface area contributed by atoms with Crippen molar-refractivity contribution in [1.82, 2.24) is 14.8 Å². The molecule has 0 aliphatic carbocycles. The van der Waals surface area contributed by atoms with Crippen LogP contribution in [0.4, 0.5) is 11.4 Å². The van der Waals surface area contributed by atoms with Gasteiger partial charge in [-0.2, -0.15) is 0 Å². The van der Waals surface area contributed by atoms with Gasteiger partial charge in [-0.15, -0.1) is 10.2 Å². The number of hydrogen-bond donors (Lipinski definition) is 2. The molecule has 8 heteroatoms. The number of hydrogen-bond acceptors (Lipinski definition) is 5. The molecule has 4 aromatic rings. The van der Waals surface area contributed by atoms with E-state index < -0.39 is 0 Å². The molecule has 3 aromatic carbocycles. The summed E-state index contributed by atoms with van der Waals surface area (Å²) in [4.78, 5) is 12.7. The van der Waals surface area contributed by atoms with Gasteiger partial charge in [0.25, 0.3) is 0 Å². The number of carbonyl (C=O) groups is 1. The van der Waals surface area contributed by atoms with E-state index >= 15 is 0 Å². The van der Waals surface area contributed by atoms with E-state index in [0.29, 0.717) is 18.1 Å².